The van der Waals surface area contributed by atoms with Gasteiger partial charge in [-0.05, 0) is 66.8 Å². The number of methoxy groups -OCH3 is 2. The van der Waals surface area contributed by atoms with Gasteiger partial charge in [-0.15, -0.1) is 5.10 Å². The van der Waals surface area contributed by atoms with E-state index in [2.05, 4.69) is 15.2 Å². The van der Waals surface area contributed by atoms with E-state index in [1.165, 1.54) is 21.1 Å². The summed E-state index contributed by atoms with van der Waals surface area (Å²) < 4.78 is 40.0. The minimum Gasteiger partial charge on any atom is -0.459 e. The monoisotopic (exact) mass is 825 g/mol. The largest absolute Gasteiger partial charge is 0.459 e. The Hall–Kier alpha value is -2.06. The van der Waals surface area contributed by atoms with Gasteiger partial charge in [0.2, 0.25) is 0 Å². The highest BCUT2D eigenvalue weighted by Gasteiger charge is 2.56. The summed E-state index contributed by atoms with van der Waals surface area (Å²) in [6.07, 6.45) is -5.03. The number of aliphatic hydroxyl groups is 4. The number of hydrogen-bond donors (Lipinski definition) is 4. The van der Waals surface area contributed by atoms with Crippen LogP contribution in [0.15, 0.2) is 6.20 Å². The van der Waals surface area contributed by atoms with Gasteiger partial charge in [-0.3, -0.25) is 9.59 Å². The third kappa shape index (κ3) is 10.2. The summed E-state index contributed by atoms with van der Waals surface area (Å²) in [4.78, 5) is 30.7. The molecule has 1 unspecified atom stereocenters. The first-order valence-corrected chi connectivity index (χ1v) is 21.1. The Morgan fingerprint density at radius 1 is 0.966 bits per heavy atom. The molecule has 0 radical (unpaired) electrons. The predicted octanol–water partition coefficient (Wildman–Crippen LogP) is 1.31. The first kappa shape index (κ1) is 48.6. The summed E-state index contributed by atoms with van der Waals surface area (Å²) in [5.74, 6) is -4.88. The topological polar surface area (TPSA) is 204 Å². The van der Waals surface area contributed by atoms with Crippen molar-refractivity contribution in [2.75, 3.05) is 27.8 Å². The lowest BCUT2D eigenvalue weighted by Crippen LogP contribution is -2.62. The maximum Gasteiger partial charge on any atom is 0.309 e. The van der Waals surface area contributed by atoms with E-state index in [0.717, 1.165) is 5.69 Å². The van der Waals surface area contributed by atoms with Crippen molar-refractivity contribution in [3.05, 3.63) is 11.9 Å². The molecule has 0 bridgehead atoms. The Labute approximate surface area is 346 Å². The number of esters is 1. The molecule has 3 aliphatic rings. The van der Waals surface area contributed by atoms with Crippen LogP contribution in [0.3, 0.4) is 0 Å². The molecule has 1 aromatic rings. The lowest BCUT2D eigenvalue weighted by atomic mass is 9.67. The summed E-state index contributed by atoms with van der Waals surface area (Å²) in [6.45, 7) is 18.0. The fourth-order valence-electron chi connectivity index (χ4n) is 10.0. The highest BCUT2D eigenvalue weighted by atomic mass is 16.7. The van der Waals surface area contributed by atoms with E-state index in [1.807, 2.05) is 48.9 Å². The van der Waals surface area contributed by atoms with Gasteiger partial charge in [0.1, 0.15) is 29.7 Å². The van der Waals surface area contributed by atoms with Gasteiger partial charge in [-0.1, -0.05) is 39.8 Å². The molecule has 3 aliphatic heterocycles. The quantitative estimate of drug-likeness (QED) is 0.194. The second kappa shape index (κ2) is 19.3. The number of ether oxygens (including phenoxy) is 6. The smallest absolute Gasteiger partial charge is 0.309 e. The second-order valence-corrected chi connectivity index (χ2v) is 18.4. The summed E-state index contributed by atoms with van der Waals surface area (Å²) in [5.41, 5.74) is -3.42. The van der Waals surface area contributed by atoms with Crippen LogP contribution in [-0.4, -0.2) is 166 Å². The molecule has 1 aromatic heterocycles. The number of aliphatic hydroxyl groups excluding tert-OH is 3. The van der Waals surface area contributed by atoms with Crippen molar-refractivity contribution in [3.63, 3.8) is 0 Å². The molecule has 17 heteroatoms. The van der Waals surface area contributed by atoms with Crippen LogP contribution in [0, 0.1) is 29.6 Å². The zero-order valence-corrected chi connectivity index (χ0v) is 37.3. The third-order valence-electron chi connectivity index (χ3n) is 13.9. The van der Waals surface area contributed by atoms with Gasteiger partial charge in [-0.25, -0.2) is 0 Å². The van der Waals surface area contributed by atoms with E-state index < -0.39 is 101 Å². The average molecular weight is 825 g/mol. The average Bonchev–Trinajstić information content (AvgIpc) is 3.60. The van der Waals surface area contributed by atoms with E-state index in [-0.39, 0.29) is 37.2 Å². The minimum atomic E-state index is -1.96. The van der Waals surface area contributed by atoms with E-state index in [4.69, 9.17) is 28.4 Å². The Bertz CT molecular complexity index is 1520. The Morgan fingerprint density at radius 2 is 1.60 bits per heavy atom. The molecule has 3 fully saturated rings. The van der Waals surface area contributed by atoms with Gasteiger partial charge in [0, 0.05) is 63.6 Å². The van der Waals surface area contributed by atoms with E-state index in [9.17, 15) is 30.0 Å². The molecule has 0 saturated carbocycles. The normalized spacial score (nSPS) is 45.2. The van der Waals surface area contributed by atoms with E-state index >= 15 is 0 Å². The number of aromatic nitrogens is 3. The number of carbonyl (C=O) groups is 2. The Balaban J connectivity index is 1.84. The highest BCUT2D eigenvalue weighted by molar-refractivity contribution is 6.05. The van der Waals surface area contributed by atoms with Crippen LogP contribution >= 0.6 is 0 Å². The Kier molecular flexibility index (Phi) is 16.2. The van der Waals surface area contributed by atoms with E-state index in [0.29, 0.717) is 19.4 Å². The van der Waals surface area contributed by atoms with Gasteiger partial charge in [0.15, 0.2) is 6.29 Å². The summed E-state index contributed by atoms with van der Waals surface area (Å²) in [5, 5.41) is 54.8. The van der Waals surface area contributed by atoms with Crippen molar-refractivity contribution in [3.8, 4) is 0 Å². The molecule has 4 rings (SSSR count). The summed E-state index contributed by atoms with van der Waals surface area (Å²) >= 11 is 0. The molecule has 4 N–H and O–H groups in total. The molecular formula is C41H73BN4O12. The van der Waals surface area contributed by atoms with Crippen molar-refractivity contribution in [2.24, 2.45) is 29.6 Å². The molecule has 0 amide bonds. The van der Waals surface area contributed by atoms with Crippen LogP contribution < -0.4 is 0 Å². The summed E-state index contributed by atoms with van der Waals surface area (Å²) in [7, 11) is 6.82. The van der Waals surface area contributed by atoms with Crippen LogP contribution in [0.5, 0.6) is 0 Å². The van der Waals surface area contributed by atoms with Gasteiger partial charge in [0.05, 0.1) is 53.3 Å². The number of carbonyl (C=O) groups excluding carboxylic acids is 2. The zero-order valence-electron chi connectivity index (χ0n) is 37.3. The molecule has 3 saturated heterocycles. The molecule has 58 heavy (non-hydrogen) atoms. The number of likely N-dealkylation sites (N-methyl/N-ethyl adjacent to an activating group) is 1. The number of rotatable bonds is 10. The van der Waals surface area contributed by atoms with Gasteiger partial charge in [-0.2, -0.15) is 0 Å². The highest BCUT2D eigenvalue weighted by Crippen LogP contribution is 2.46. The van der Waals surface area contributed by atoms with Crippen LogP contribution in [0.4, 0.5) is 0 Å². The summed E-state index contributed by atoms with van der Waals surface area (Å²) in [6, 6.07) is -0.356. The molecule has 0 aromatic carbocycles. The molecular weight excluding hydrogens is 751 g/mol. The first-order valence-electron chi connectivity index (χ1n) is 21.1. The van der Waals surface area contributed by atoms with Gasteiger partial charge >= 0.3 is 5.97 Å². The van der Waals surface area contributed by atoms with Crippen LogP contribution in [0.2, 0.25) is 0 Å². The fourth-order valence-corrected chi connectivity index (χ4v) is 10.0. The predicted molar refractivity (Wildman–Crippen MR) is 216 cm³/mol. The van der Waals surface area contributed by atoms with Crippen LogP contribution in [-0.2, 0) is 44.4 Å². The standard InChI is InChI=1S/C41H73BN4O12/c1-14-30-41(10,52)34(49)25(6)32(47)21(2)18-40(9,54-13)36(23(4)31(24(5)37(51)57-30)29-19-39(8,53-12)35(50)26(7)56-29)58-38-33(48)28(17-22(3)55-38)45(11)16-15-27-20-46(42)44-43-27/h20-26,28-31,33-36,38,48-50,52H,14-19,42H2,1-13H3/t21-,22-,23+,24-,25+,26+,28+,29?,30-,31+,33-,34-,35+,36-,38+,39-,40-,41-/m1/s1. The number of ketones is 1. The van der Waals surface area contributed by atoms with E-state index in [1.54, 1.807) is 39.2 Å². The van der Waals surface area contributed by atoms with Crippen molar-refractivity contribution in [2.45, 2.75) is 179 Å². The fraction of sp³-hybridized carbons (Fsp3) is 0.902. The molecule has 16 nitrogen and oxygen atoms in total. The van der Waals surface area contributed by atoms with Crippen molar-refractivity contribution in [1.82, 2.24) is 19.8 Å². The number of hydrogen-bond acceptors (Lipinski definition) is 15. The maximum absolute atomic E-state index is 14.5. The van der Waals surface area contributed by atoms with Crippen LogP contribution in [0.1, 0.15) is 101 Å². The third-order valence-corrected chi connectivity index (χ3v) is 13.9. The van der Waals surface area contributed by atoms with Gasteiger partial charge in [0.25, 0.3) is 7.98 Å². The second-order valence-electron chi connectivity index (χ2n) is 18.4. The lowest BCUT2D eigenvalue weighted by molar-refractivity contribution is -0.305. The minimum absolute atomic E-state index is 0.121. The molecule has 18 atom stereocenters. The number of cyclic esters (lactones) is 1. The number of nitrogens with zero attached hydrogens (tertiary/aromatic N) is 4. The van der Waals surface area contributed by atoms with Crippen LogP contribution in [0.25, 0.3) is 0 Å². The SMILES string of the molecule is Bn1cc(CCN(C)[C@H]2C[C@@H](C)O[C@@H](O[C@@H]3[C@@H](C)[C@H](C4C[C@@](C)(OC)[C@@H](O)[C@H](C)O4)[C@@H](C)C(=O)O[C@H](CC)[C@@](C)(O)[C@H](O)[C@@H](C)C(=O)[C@H](C)C[C@@]3(C)OC)[C@@H]2O)nn1. The first-order chi connectivity index (χ1) is 27.0. The Morgan fingerprint density at radius 3 is 2.17 bits per heavy atom. The maximum atomic E-state index is 14.5. The molecule has 0 aliphatic carbocycles. The molecule has 332 valence electrons. The van der Waals surface area contributed by atoms with Crippen molar-refractivity contribution in [1.29, 1.82) is 0 Å². The molecule has 4 heterocycles. The van der Waals surface area contributed by atoms with Crippen molar-refractivity contribution < 1.29 is 58.4 Å². The van der Waals surface area contributed by atoms with Crippen molar-refractivity contribution >= 4 is 19.7 Å². The van der Waals surface area contributed by atoms with Gasteiger partial charge < -0.3 is 58.3 Å². The number of Topliss-reactive ketones (excluding diaryl/α,β-unsaturated/α-hetero) is 1. The lowest BCUT2D eigenvalue weighted by Gasteiger charge is -2.52. The molecule has 0 spiro atoms. The zero-order chi connectivity index (χ0) is 43.7.